The number of carbonyl (C=O) groups is 2. The molecule has 4 aromatic rings. The monoisotopic (exact) mass is 462 g/mol. The molecule has 0 spiro atoms. The lowest BCUT2D eigenvalue weighted by Gasteiger charge is -2.22. The van der Waals surface area contributed by atoms with E-state index in [0.717, 1.165) is 11.3 Å². The number of para-hydroxylation sites is 1. The fraction of sp³-hybridized carbons (Fsp3) is 0.167. The van der Waals surface area contributed by atoms with Crippen LogP contribution in [-0.2, 0) is 4.74 Å². The van der Waals surface area contributed by atoms with Crippen LogP contribution in [0.2, 0.25) is 0 Å². The Balaban J connectivity index is 1.75. The number of ether oxygens (including phenoxy) is 1. The normalized spacial score (nSPS) is 15.2. The van der Waals surface area contributed by atoms with E-state index in [1.807, 2.05) is 0 Å². The van der Waals surface area contributed by atoms with Gasteiger partial charge in [-0.15, -0.1) is 0 Å². The molecule has 1 aliphatic heterocycles. The van der Waals surface area contributed by atoms with Crippen molar-refractivity contribution in [3.63, 3.8) is 0 Å². The molecular weight excluding hydrogens is 444 g/mol. The second kappa shape index (κ2) is 7.86. The van der Waals surface area contributed by atoms with E-state index in [1.165, 1.54) is 17.0 Å². The predicted molar refractivity (Wildman–Crippen MR) is 122 cm³/mol. The van der Waals surface area contributed by atoms with E-state index >= 15 is 0 Å². The van der Waals surface area contributed by atoms with Crippen LogP contribution in [0, 0.1) is 6.92 Å². The Hall–Kier alpha value is -3.98. The summed E-state index contributed by atoms with van der Waals surface area (Å²) in [7, 11) is 0. The van der Waals surface area contributed by atoms with E-state index in [-0.39, 0.29) is 39.1 Å². The molecule has 1 N–H and O–H groups in total. The van der Waals surface area contributed by atoms with Gasteiger partial charge >= 0.3 is 5.97 Å². The van der Waals surface area contributed by atoms with Crippen LogP contribution in [0.5, 0.6) is 5.75 Å². The zero-order valence-corrected chi connectivity index (χ0v) is 18.5. The summed E-state index contributed by atoms with van der Waals surface area (Å²) in [5.74, 6) is -1.18. The largest absolute Gasteiger partial charge is 0.508 e. The fourth-order valence-corrected chi connectivity index (χ4v) is 4.99. The van der Waals surface area contributed by atoms with Crippen molar-refractivity contribution in [3.05, 3.63) is 86.2 Å². The number of benzene rings is 2. The van der Waals surface area contributed by atoms with Gasteiger partial charge in [-0.05, 0) is 43.7 Å². The summed E-state index contributed by atoms with van der Waals surface area (Å²) in [6.45, 7) is 3.56. The first kappa shape index (κ1) is 20.9. The number of hydrogen-bond donors (Lipinski definition) is 1. The van der Waals surface area contributed by atoms with Gasteiger partial charge in [0, 0.05) is 0 Å². The summed E-state index contributed by atoms with van der Waals surface area (Å²) in [5, 5.41) is 10.7. The maximum atomic E-state index is 13.6. The zero-order valence-electron chi connectivity index (χ0n) is 17.7. The molecule has 5 rings (SSSR count). The molecule has 0 fully saturated rings. The molecule has 9 heteroatoms. The Morgan fingerprint density at radius 1 is 1.21 bits per heavy atom. The van der Waals surface area contributed by atoms with E-state index in [1.54, 1.807) is 50.2 Å². The number of amides is 1. The minimum Gasteiger partial charge on any atom is -0.508 e. The first-order valence-electron chi connectivity index (χ1n) is 10.2. The van der Waals surface area contributed by atoms with Crippen LogP contribution in [0.15, 0.2) is 57.7 Å². The first-order chi connectivity index (χ1) is 15.9. The Morgan fingerprint density at radius 3 is 2.76 bits per heavy atom. The Labute approximate surface area is 191 Å². The highest BCUT2D eigenvalue weighted by molar-refractivity contribution is 7.17. The van der Waals surface area contributed by atoms with Crippen LogP contribution in [0.3, 0.4) is 0 Å². The Kier molecular flexibility index (Phi) is 4.98. The summed E-state index contributed by atoms with van der Waals surface area (Å²) in [4.78, 5) is 45.4. The smallest absolute Gasteiger partial charge is 0.350 e. The van der Waals surface area contributed by atoms with Crippen molar-refractivity contribution in [3.8, 4) is 5.75 Å². The Bertz CT molecular complexity index is 1490. The molecule has 8 nitrogen and oxygen atoms in total. The van der Waals surface area contributed by atoms with E-state index in [4.69, 9.17) is 9.15 Å². The van der Waals surface area contributed by atoms with Crippen molar-refractivity contribution < 1.29 is 23.8 Å². The highest BCUT2D eigenvalue weighted by atomic mass is 32.1. The predicted octanol–water partition coefficient (Wildman–Crippen LogP) is 4.19. The van der Waals surface area contributed by atoms with Gasteiger partial charge in [0.05, 0.1) is 29.3 Å². The number of carbonyl (C=O) groups excluding carboxylic acids is 2. The number of esters is 1. The van der Waals surface area contributed by atoms with Gasteiger partial charge in [0.1, 0.15) is 16.2 Å². The fourth-order valence-electron chi connectivity index (χ4n) is 4.00. The standard InChI is InChI=1S/C24H18N2O6S/c1-3-31-23(30)21-12(2)25-24(33-21)26-18(13-7-6-8-14(27)11-13)17-19(28)15-9-4-5-10-16(15)32-20(17)22(26)29/h4-11,18,27H,3H2,1-2H3. The van der Waals surface area contributed by atoms with Gasteiger partial charge in [0.15, 0.2) is 10.6 Å². The molecular formula is C24H18N2O6S. The lowest BCUT2D eigenvalue weighted by atomic mass is 9.98. The minimum absolute atomic E-state index is 0.0129. The minimum atomic E-state index is -0.888. The number of phenols is 1. The van der Waals surface area contributed by atoms with Crippen LogP contribution < -0.4 is 10.3 Å². The average Bonchev–Trinajstić information content (AvgIpc) is 3.32. The quantitative estimate of drug-likeness (QED) is 0.453. The van der Waals surface area contributed by atoms with Crippen molar-refractivity contribution in [1.29, 1.82) is 0 Å². The third-order valence-corrected chi connectivity index (χ3v) is 6.55. The molecule has 0 bridgehead atoms. The SMILES string of the molecule is CCOC(=O)c1sc(N2C(=O)c3oc4ccccc4c(=O)c3C2c2cccc(O)c2)nc1C. The molecule has 2 aromatic heterocycles. The van der Waals surface area contributed by atoms with Crippen LogP contribution >= 0.6 is 11.3 Å². The number of aromatic hydroxyl groups is 1. The molecule has 1 atom stereocenters. The third-order valence-electron chi connectivity index (χ3n) is 5.42. The topological polar surface area (TPSA) is 110 Å². The average molecular weight is 462 g/mol. The number of anilines is 1. The van der Waals surface area contributed by atoms with Crippen LogP contribution in [-0.4, -0.2) is 28.6 Å². The van der Waals surface area contributed by atoms with Gasteiger partial charge in [0.25, 0.3) is 5.91 Å². The van der Waals surface area contributed by atoms with Gasteiger partial charge in [-0.1, -0.05) is 35.6 Å². The second-order valence-electron chi connectivity index (χ2n) is 7.47. The van der Waals surface area contributed by atoms with E-state index in [9.17, 15) is 19.5 Å². The Morgan fingerprint density at radius 2 is 2.00 bits per heavy atom. The van der Waals surface area contributed by atoms with E-state index in [2.05, 4.69) is 4.98 Å². The summed E-state index contributed by atoms with van der Waals surface area (Å²) >= 11 is 1.01. The van der Waals surface area contributed by atoms with Gasteiger partial charge in [-0.2, -0.15) is 0 Å². The molecule has 1 amide bonds. The molecule has 0 saturated carbocycles. The number of hydrogen-bond acceptors (Lipinski definition) is 8. The summed E-state index contributed by atoms with van der Waals surface area (Å²) in [5.41, 5.74) is 1.05. The maximum Gasteiger partial charge on any atom is 0.350 e. The number of thiazole rings is 1. The highest BCUT2D eigenvalue weighted by Crippen LogP contribution is 2.43. The third kappa shape index (κ3) is 3.28. The van der Waals surface area contributed by atoms with Crippen LogP contribution in [0.25, 0.3) is 11.0 Å². The van der Waals surface area contributed by atoms with Crippen molar-refractivity contribution in [2.45, 2.75) is 19.9 Å². The van der Waals surface area contributed by atoms with Crippen molar-refractivity contribution in [2.75, 3.05) is 11.5 Å². The number of rotatable bonds is 4. The lowest BCUT2D eigenvalue weighted by molar-refractivity contribution is 0.0531. The molecule has 166 valence electrons. The molecule has 33 heavy (non-hydrogen) atoms. The lowest BCUT2D eigenvalue weighted by Crippen LogP contribution is -2.29. The number of phenolic OH excluding ortho intramolecular Hbond substituents is 1. The molecule has 0 saturated heterocycles. The second-order valence-corrected chi connectivity index (χ2v) is 8.45. The van der Waals surface area contributed by atoms with Crippen molar-refractivity contribution in [2.24, 2.45) is 0 Å². The number of aryl methyl sites for hydroxylation is 1. The molecule has 1 unspecified atom stereocenters. The van der Waals surface area contributed by atoms with Crippen molar-refractivity contribution in [1.82, 2.24) is 4.98 Å². The zero-order chi connectivity index (χ0) is 23.3. The van der Waals surface area contributed by atoms with Gasteiger partial charge in [-0.3, -0.25) is 14.5 Å². The first-order valence-corrected chi connectivity index (χ1v) is 11.0. The van der Waals surface area contributed by atoms with E-state index in [0.29, 0.717) is 22.2 Å². The maximum absolute atomic E-state index is 13.6. The van der Waals surface area contributed by atoms with Crippen LogP contribution in [0.1, 0.15) is 50.0 Å². The molecule has 0 radical (unpaired) electrons. The number of nitrogens with zero attached hydrogens (tertiary/aromatic N) is 2. The summed E-state index contributed by atoms with van der Waals surface area (Å²) < 4.78 is 11.0. The molecule has 3 heterocycles. The number of aromatic nitrogens is 1. The highest BCUT2D eigenvalue weighted by Gasteiger charge is 2.45. The molecule has 2 aromatic carbocycles. The summed E-state index contributed by atoms with van der Waals surface area (Å²) in [6.07, 6.45) is 0. The van der Waals surface area contributed by atoms with E-state index < -0.39 is 17.9 Å². The van der Waals surface area contributed by atoms with Gasteiger partial charge in [-0.25, -0.2) is 9.78 Å². The molecule has 0 aliphatic carbocycles. The van der Waals surface area contributed by atoms with Gasteiger partial charge < -0.3 is 14.3 Å². The van der Waals surface area contributed by atoms with Crippen molar-refractivity contribution >= 4 is 39.3 Å². The number of fused-ring (bicyclic) bond motifs is 2. The molecule has 1 aliphatic rings. The summed E-state index contributed by atoms with van der Waals surface area (Å²) in [6, 6.07) is 12.1. The van der Waals surface area contributed by atoms with Gasteiger partial charge in [0.2, 0.25) is 5.76 Å². The van der Waals surface area contributed by atoms with Crippen LogP contribution in [0.4, 0.5) is 5.13 Å².